The molecule has 0 unspecified atom stereocenters. The van der Waals surface area contributed by atoms with E-state index in [1.165, 1.54) is 5.56 Å². The molecule has 0 spiro atoms. The van der Waals surface area contributed by atoms with Gasteiger partial charge in [-0.1, -0.05) is 103 Å². The average molecular weight is 594 g/mol. The number of amides is 2. The number of carbonyl (C=O) groups excluding carboxylic acids is 1. The summed E-state index contributed by atoms with van der Waals surface area (Å²) in [5, 5.41) is 15.2. The molecule has 0 aromatic heterocycles. The molecular weight excluding hydrogens is 550 g/mol. The molecule has 230 valence electrons. The van der Waals surface area contributed by atoms with Gasteiger partial charge in [0, 0.05) is 37.7 Å². The Bertz CT molecular complexity index is 1480. The highest BCUT2D eigenvalue weighted by Gasteiger charge is 2.33. The second kappa shape index (κ2) is 15.1. The number of hydrogen-bond donors (Lipinski definition) is 3. The van der Waals surface area contributed by atoms with Gasteiger partial charge in [-0.3, -0.25) is 4.90 Å². The van der Waals surface area contributed by atoms with Crippen LogP contribution in [0.3, 0.4) is 0 Å². The third-order valence-corrected chi connectivity index (χ3v) is 8.34. The van der Waals surface area contributed by atoms with Crippen molar-refractivity contribution < 1.29 is 19.4 Å². The Morgan fingerprint density at radius 2 is 1.57 bits per heavy atom. The van der Waals surface area contributed by atoms with E-state index in [4.69, 9.17) is 9.47 Å². The van der Waals surface area contributed by atoms with Gasteiger partial charge in [0.25, 0.3) is 0 Å². The number of ether oxygens (including phenoxy) is 2. The van der Waals surface area contributed by atoms with Crippen molar-refractivity contribution in [3.8, 4) is 11.1 Å². The highest BCUT2D eigenvalue weighted by molar-refractivity contribution is 5.74. The predicted molar refractivity (Wildman–Crippen MR) is 174 cm³/mol. The Morgan fingerprint density at radius 1 is 0.886 bits per heavy atom. The van der Waals surface area contributed by atoms with Crippen molar-refractivity contribution in [2.24, 2.45) is 0 Å². The first kappa shape index (κ1) is 31.4. The van der Waals surface area contributed by atoms with Crippen molar-refractivity contribution in [3.63, 3.8) is 0 Å². The van der Waals surface area contributed by atoms with Crippen LogP contribution in [-0.4, -0.2) is 42.3 Å². The Morgan fingerprint density at radius 3 is 2.27 bits per heavy atom. The summed E-state index contributed by atoms with van der Waals surface area (Å²) >= 11 is 0. The van der Waals surface area contributed by atoms with E-state index in [0.29, 0.717) is 13.1 Å². The van der Waals surface area contributed by atoms with Crippen molar-refractivity contribution in [1.82, 2.24) is 15.5 Å². The molecule has 0 bridgehead atoms. The molecule has 7 nitrogen and oxygen atoms in total. The van der Waals surface area contributed by atoms with E-state index in [1.807, 2.05) is 55.5 Å². The van der Waals surface area contributed by atoms with Crippen LogP contribution in [0.25, 0.3) is 11.1 Å². The maximum absolute atomic E-state index is 12.0. The van der Waals surface area contributed by atoms with E-state index >= 15 is 0 Å². The van der Waals surface area contributed by atoms with E-state index in [1.54, 1.807) is 0 Å². The molecular formula is C37H43N3O4. The number of nitrogens with one attached hydrogen (secondary N) is 2. The van der Waals surface area contributed by atoms with E-state index in [-0.39, 0.29) is 30.9 Å². The Balaban J connectivity index is 1.35. The van der Waals surface area contributed by atoms with E-state index in [9.17, 15) is 9.90 Å². The molecule has 1 saturated heterocycles. The third-order valence-electron chi connectivity index (χ3n) is 8.34. The van der Waals surface area contributed by atoms with Crippen molar-refractivity contribution >= 4 is 6.03 Å². The van der Waals surface area contributed by atoms with Crippen LogP contribution in [0, 0.1) is 0 Å². The fraction of sp³-hybridized carbons (Fsp3) is 0.324. The van der Waals surface area contributed by atoms with Gasteiger partial charge in [0.05, 0.1) is 18.8 Å². The molecule has 1 fully saturated rings. The third kappa shape index (κ3) is 7.92. The molecule has 44 heavy (non-hydrogen) atoms. The van der Waals surface area contributed by atoms with E-state index in [2.05, 4.69) is 84.1 Å². The molecule has 3 N–H and O–H groups in total. The van der Waals surface area contributed by atoms with E-state index in [0.717, 1.165) is 46.3 Å². The van der Waals surface area contributed by atoms with Crippen molar-refractivity contribution in [3.05, 3.63) is 131 Å². The van der Waals surface area contributed by atoms with Gasteiger partial charge in [0.15, 0.2) is 6.29 Å². The summed E-state index contributed by atoms with van der Waals surface area (Å²) < 4.78 is 13.2. The number of aliphatic hydroxyl groups excluding tert-OH is 1. The maximum Gasteiger partial charge on any atom is 0.315 e. The van der Waals surface area contributed by atoms with Crippen molar-refractivity contribution in [1.29, 1.82) is 0 Å². The van der Waals surface area contributed by atoms with Gasteiger partial charge in [0.2, 0.25) is 0 Å². The monoisotopic (exact) mass is 593 g/mol. The molecule has 4 aromatic rings. The standard InChI is InChI=1S/C37H43N3O4/c1-4-38-37(42)39-23-32-12-8-9-13-34(32)29-18-20-31(21-19-29)36-43-33(24-40(3)26(2)28-10-6-5-7-11-28)22-35(44-36)30-16-14-27(25-41)15-17-30/h5-21,26,33,35-36,41H,4,22-25H2,1-3H3,(H2,38,39,42)/t26-,33+,35-,36-/m0/s1. The Hall–Kier alpha value is -4.01. The van der Waals surface area contributed by atoms with Gasteiger partial charge in [-0.2, -0.15) is 0 Å². The summed E-state index contributed by atoms with van der Waals surface area (Å²) in [4.78, 5) is 14.3. The highest BCUT2D eigenvalue weighted by atomic mass is 16.7. The largest absolute Gasteiger partial charge is 0.392 e. The number of urea groups is 1. The number of carbonyl (C=O) groups is 1. The normalized spacial score (nSPS) is 19.0. The van der Waals surface area contributed by atoms with Crippen LogP contribution in [0.1, 0.15) is 66.5 Å². The molecule has 2 amide bonds. The van der Waals surface area contributed by atoms with Gasteiger partial charge in [-0.25, -0.2) is 4.79 Å². The molecule has 4 aromatic carbocycles. The minimum atomic E-state index is -0.527. The van der Waals surface area contributed by atoms with Crippen LogP contribution in [0.2, 0.25) is 0 Å². The lowest BCUT2D eigenvalue weighted by atomic mass is 9.97. The van der Waals surface area contributed by atoms with Crippen LogP contribution in [-0.2, 0) is 22.6 Å². The second-order valence-electron chi connectivity index (χ2n) is 11.4. The average Bonchev–Trinajstić information content (AvgIpc) is 3.07. The predicted octanol–water partition coefficient (Wildman–Crippen LogP) is 6.90. The van der Waals surface area contributed by atoms with Gasteiger partial charge < -0.3 is 25.2 Å². The lowest BCUT2D eigenvalue weighted by Crippen LogP contribution is -2.38. The topological polar surface area (TPSA) is 83.1 Å². The SMILES string of the molecule is CCNC(=O)NCc1ccccc1-c1ccc([C@H]2O[C@@H](CN(C)[C@@H](C)c3ccccc3)C[C@@H](c3ccc(CO)cc3)O2)cc1. The van der Waals surface area contributed by atoms with Gasteiger partial charge in [-0.05, 0) is 54.3 Å². The zero-order valence-electron chi connectivity index (χ0n) is 25.8. The molecule has 1 aliphatic heterocycles. The van der Waals surface area contributed by atoms with E-state index < -0.39 is 6.29 Å². The minimum Gasteiger partial charge on any atom is -0.392 e. The molecule has 1 heterocycles. The summed E-state index contributed by atoms with van der Waals surface area (Å²) in [7, 11) is 2.14. The first-order chi connectivity index (χ1) is 21.4. The fourth-order valence-electron chi connectivity index (χ4n) is 5.67. The summed E-state index contributed by atoms with van der Waals surface area (Å²) in [5.74, 6) is 0. The summed E-state index contributed by atoms with van der Waals surface area (Å²) in [6, 6.07) is 35.0. The maximum atomic E-state index is 12.0. The van der Waals surface area contributed by atoms with Gasteiger partial charge >= 0.3 is 6.03 Å². The minimum absolute atomic E-state index is 0.0137. The summed E-state index contributed by atoms with van der Waals surface area (Å²) in [6.45, 7) is 5.91. The zero-order chi connectivity index (χ0) is 30.9. The quantitative estimate of drug-likeness (QED) is 0.176. The molecule has 0 aliphatic carbocycles. The fourth-order valence-corrected chi connectivity index (χ4v) is 5.67. The van der Waals surface area contributed by atoms with Crippen LogP contribution in [0.5, 0.6) is 0 Å². The number of nitrogens with zero attached hydrogens (tertiary/aromatic N) is 1. The first-order valence-electron chi connectivity index (χ1n) is 15.4. The van der Waals surface area contributed by atoms with Crippen LogP contribution in [0.15, 0.2) is 103 Å². The zero-order valence-corrected chi connectivity index (χ0v) is 25.8. The molecule has 0 saturated carbocycles. The number of aliphatic hydroxyl groups is 1. The number of benzene rings is 4. The molecule has 0 radical (unpaired) electrons. The highest BCUT2D eigenvalue weighted by Crippen LogP contribution is 2.39. The molecule has 4 atom stereocenters. The summed E-state index contributed by atoms with van der Waals surface area (Å²) in [5.41, 5.74) is 7.34. The van der Waals surface area contributed by atoms with Crippen LogP contribution in [0.4, 0.5) is 4.79 Å². The second-order valence-corrected chi connectivity index (χ2v) is 11.4. The molecule has 5 rings (SSSR count). The number of likely N-dealkylation sites (N-methyl/N-ethyl adjacent to an activating group) is 1. The molecule has 1 aliphatic rings. The van der Waals surface area contributed by atoms with Crippen molar-refractivity contribution in [2.45, 2.75) is 58.0 Å². The Labute approximate surface area is 260 Å². The number of hydrogen-bond acceptors (Lipinski definition) is 5. The summed E-state index contributed by atoms with van der Waals surface area (Å²) in [6.07, 6.45) is 0.00600. The van der Waals surface area contributed by atoms with Gasteiger partial charge in [0.1, 0.15) is 0 Å². The lowest BCUT2D eigenvalue weighted by Gasteiger charge is -2.39. The Kier molecular flexibility index (Phi) is 10.8. The van der Waals surface area contributed by atoms with Crippen LogP contribution < -0.4 is 10.6 Å². The van der Waals surface area contributed by atoms with Crippen molar-refractivity contribution in [2.75, 3.05) is 20.1 Å². The number of rotatable bonds is 11. The molecule has 7 heteroatoms. The van der Waals surface area contributed by atoms with Crippen LogP contribution >= 0.6 is 0 Å². The smallest absolute Gasteiger partial charge is 0.315 e. The van der Waals surface area contributed by atoms with Gasteiger partial charge in [-0.15, -0.1) is 0 Å². The first-order valence-corrected chi connectivity index (χ1v) is 15.4. The lowest BCUT2D eigenvalue weighted by molar-refractivity contribution is -0.253.